The Labute approximate surface area is 196 Å². The first-order valence-corrected chi connectivity index (χ1v) is 12.4. The minimum Gasteiger partial charge on any atom is -0.861 e. The molecule has 3 nitrogen and oxygen atoms in total. The van der Waals surface area contributed by atoms with Gasteiger partial charge in [0.2, 0.25) is 0 Å². The van der Waals surface area contributed by atoms with Crippen molar-refractivity contribution in [2.75, 3.05) is 32.4 Å². The standard InChI is InChI=1S/C28H32N2OS/c1-30(19-11-21-32-26-16-9-4-10-17-26)20-18-25(22-30)28(27(29)31,23-12-5-2-6-13-23)24-14-7-3-8-15-24/h2-10,12-17,25H,11,18-22H2,1H3,(H-,29,31)/t25?,30-/m1/s1. The van der Waals surface area contributed by atoms with Crippen LogP contribution in [0.3, 0.4) is 0 Å². The molecule has 0 spiro atoms. The Morgan fingerprint density at radius 2 is 1.47 bits per heavy atom. The number of quaternary nitrogens is 1. The lowest BCUT2D eigenvalue weighted by atomic mass is 9.65. The third kappa shape index (κ3) is 4.62. The van der Waals surface area contributed by atoms with E-state index in [-0.39, 0.29) is 5.92 Å². The van der Waals surface area contributed by atoms with Crippen molar-refractivity contribution >= 4 is 17.7 Å². The first kappa shape index (κ1) is 22.6. The molecular formula is C28H32N2OS. The number of rotatable bonds is 9. The number of nitrogens with zero attached hydrogens (tertiary/aromatic N) is 1. The number of likely N-dealkylation sites (tertiary alicyclic amines) is 1. The van der Waals surface area contributed by atoms with E-state index >= 15 is 0 Å². The van der Waals surface area contributed by atoms with E-state index in [1.54, 1.807) is 0 Å². The molecule has 1 fully saturated rings. The molecule has 1 aliphatic rings. The second-order valence-electron chi connectivity index (χ2n) is 9.12. The molecule has 1 unspecified atom stereocenters. The van der Waals surface area contributed by atoms with E-state index in [1.807, 2.05) is 72.4 Å². The molecule has 166 valence electrons. The van der Waals surface area contributed by atoms with Gasteiger partial charge in [0, 0.05) is 29.4 Å². The first-order chi connectivity index (χ1) is 15.5. The molecule has 3 aromatic carbocycles. The molecule has 1 saturated heterocycles. The smallest absolute Gasteiger partial charge is 0.0830 e. The second kappa shape index (κ2) is 9.93. The Balaban J connectivity index is 1.54. The number of hydrogen-bond acceptors (Lipinski definition) is 3. The van der Waals surface area contributed by atoms with Crippen molar-refractivity contribution in [1.29, 1.82) is 5.41 Å². The monoisotopic (exact) mass is 444 g/mol. The van der Waals surface area contributed by atoms with Crippen LogP contribution in [0.1, 0.15) is 24.0 Å². The number of nitrogens with one attached hydrogen (secondary N) is 1. The summed E-state index contributed by atoms with van der Waals surface area (Å²) in [6.45, 7) is 3.07. The maximum atomic E-state index is 13.1. The third-order valence-electron chi connectivity index (χ3n) is 6.96. The third-order valence-corrected chi connectivity index (χ3v) is 8.06. The Bertz CT molecular complexity index is 970. The minimum atomic E-state index is -0.905. The van der Waals surface area contributed by atoms with Gasteiger partial charge in [-0.05, 0) is 29.2 Å². The van der Waals surface area contributed by atoms with Crippen LogP contribution in [0.4, 0.5) is 0 Å². The van der Waals surface area contributed by atoms with E-state index in [0.29, 0.717) is 0 Å². The van der Waals surface area contributed by atoms with Crippen LogP contribution >= 0.6 is 11.8 Å². The molecule has 2 atom stereocenters. The maximum Gasteiger partial charge on any atom is 0.0830 e. The van der Waals surface area contributed by atoms with Gasteiger partial charge < -0.3 is 15.0 Å². The van der Waals surface area contributed by atoms with Gasteiger partial charge in [0.15, 0.2) is 0 Å². The van der Waals surface area contributed by atoms with E-state index < -0.39 is 11.3 Å². The fourth-order valence-corrected chi connectivity index (χ4v) is 6.24. The van der Waals surface area contributed by atoms with Crippen LogP contribution in [0.5, 0.6) is 0 Å². The van der Waals surface area contributed by atoms with E-state index in [4.69, 9.17) is 5.41 Å². The molecule has 0 amide bonds. The van der Waals surface area contributed by atoms with Crippen molar-refractivity contribution in [3.05, 3.63) is 102 Å². The molecule has 3 aromatic rings. The normalized spacial score (nSPS) is 20.8. The second-order valence-corrected chi connectivity index (χ2v) is 10.3. The summed E-state index contributed by atoms with van der Waals surface area (Å²) in [6, 6.07) is 30.6. The average molecular weight is 445 g/mol. The average Bonchev–Trinajstić information content (AvgIpc) is 3.21. The summed E-state index contributed by atoms with van der Waals surface area (Å²) < 4.78 is 0.967. The van der Waals surface area contributed by atoms with Crippen molar-refractivity contribution in [2.45, 2.75) is 23.2 Å². The van der Waals surface area contributed by atoms with Gasteiger partial charge >= 0.3 is 0 Å². The molecule has 0 saturated carbocycles. The summed E-state index contributed by atoms with van der Waals surface area (Å²) >= 11 is 1.91. The molecule has 1 N–H and O–H groups in total. The first-order valence-electron chi connectivity index (χ1n) is 11.4. The molecule has 0 aromatic heterocycles. The molecule has 0 aliphatic carbocycles. The highest BCUT2D eigenvalue weighted by molar-refractivity contribution is 7.99. The highest BCUT2D eigenvalue weighted by Gasteiger charge is 2.49. The fourth-order valence-electron chi connectivity index (χ4n) is 5.38. The lowest BCUT2D eigenvalue weighted by molar-refractivity contribution is -0.899. The number of benzene rings is 3. The number of hydrogen-bond donors (Lipinski definition) is 1. The zero-order valence-corrected chi connectivity index (χ0v) is 19.6. The van der Waals surface area contributed by atoms with Crippen LogP contribution in [-0.4, -0.2) is 42.8 Å². The van der Waals surface area contributed by atoms with Crippen molar-refractivity contribution < 1.29 is 9.59 Å². The molecule has 1 aliphatic heterocycles. The van der Waals surface area contributed by atoms with Crippen LogP contribution < -0.4 is 5.11 Å². The van der Waals surface area contributed by atoms with Gasteiger partial charge in [0.1, 0.15) is 0 Å². The summed E-state index contributed by atoms with van der Waals surface area (Å²) in [5.41, 5.74) is 0.991. The number of thioether (sulfide) groups is 1. The molecule has 32 heavy (non-hydrogen) atoms. The molecule has 0 radical (unpaired) electrons. The summed E-state index contributed by atoms with van der Waals surface area (Å²) in [5, 5.41) is 21.6. The van der Waals surface area contributed by atoms with Crippen LogP contribution in [-0.2, 0) is 5.41 Å². The molecule has 4 rings (SSSR count). The lowest BCUT2D eigenvalue weighted by Crippen LogP contribution is -2.52. The Hall–Kier alpha value is -2.56. The van der Waals surface area contributed by atoms with Gasteiger partial charge in [-0.2, -0.15) is 0 Å². The van der Waals surface area contributed by atoms with E-state index in [0.717, 1.165) is 53.8 Å². The van der Waals surface area contributed by atoms with Crippen molar-refractivity contribution in [2.24, 2.45) is 5.92 Å². The summed E-state index contributed by atoms with van der Waals surface area (Å²) in [7, 11) is 2.32. The lowest BCUT2D eigenvalue weighted by Gasteiger charge is -2.43. The summed E-state index contributed by atoms with van der Waals surface area (Å²) in [6.07, 6.45) is 2.10. The highest BCUT2D eigenvalue weighted by atomic mass is 32.2. The van der Waals surface area contributed by atoms with Crippen molar-refractivity contribution in [3.8, 4) is 0 Å². The van der Waals surface area contributed by atoms with Gasteiger partial charge in [-0.1, -0.05) is 78.9 Å². The predicted octanol–water partition coefficient (Wildman–Crippen LogP) is 4.96. The van der Waals surface area contributed by atoms with Crippen LogP contribution in [0.25, 0.3) is 0 Å². The Morgan fingerprint density at radius 1 is 0.938 bits per heavy atom. The SMILES string of the molecule is C[N@@+]1(CCCSc2ccccc2)CCC(C(C(=N)[O-])(c2ccccc2)c2ccccc2)C1. The van der Waals surface area contributed by atoms with E-state index in [9.17, 15) is 5.11 Å². The van der Waals surface area contributed by atoms with Gasteiger partial charge in [0.05, 0.1) is 32.1 Å². The Kier molecular flexibility index (Phi) is 7.02. The zero-order chi connectivity index (χ0) is 22.4. The predicted molar refractivity (Wildman–Crippen MR) is 132 cm³/mol. The largest absolute Gasteiger partial charge is 0.861 e. The Morgan fingerprint density at radius 3 is 2.00 bits per heavy atom. The minimum absolute atomic E-state index is 0.115. The fraction of sp³-hybridized carbons (Fsp3) is 0.321. The van der Waals surface area contributed by atoms with Crippen LogP contribution in [0.2, 0.25) is 0 Å². The van der Waals surface area contributed by atoms with Crippen molar-refractivity contribution in [1.82, 2.24) is 0 Å². The van der Waals surface area contributed by atoms with Gasteiger partial charge in [-0.25, -0.2) is 0 Å². The van der Waals surface area contributed by atoms with Gasteiger partial charge in [-0.15, -0.1) is 11.8 Å². The van der Waals surface area contributed by atoms with Crippen molar-refractivity contribution in [3.63, 3.8) is 0 Å². The summed E-state index contributed by atoms with van der Waals surface area (Å²) in [4.78, 5) is 1.32. The van der Waals surface area contributed by atoms with E-state index in [2.05, 4.69) is 37.4 Å². The van der Waals surface area contributed by atoms with Gasteiger partial charge in [0.25, 0.3) is 0 Å². The van der Waals surface area contributed by atoms with E-state index in [1.165, 1.54) is 4.90 Å². The highest BCUT2D eigenvalue weighted by Crippen LogP contribution is 2.45. The topological polar surface area (TPSA) is 46.9 Å². The summed E-state index contributed by atoms with van der Waals surface area (Å²) in [5.74, 6) is 0.722. The zero-order valence-electron chi connectivity index (χ0n) is 18.7. The molecule has 4 heteroatoms. The molecular weight excluding hydrogens is 412 g/mol. The van der Waals surface area contributed by atoms with Gasteiger partial charge in [-0.3, -0.25) is 0 Å². The quantitative estimate of drug-likeness (QED) is 0.167. The van der Waals surface area contributed by atoms with Crippen LogP contribution in [0.15, 0.2) is 95.9 Å². The maximum absolute atomic E-state index is 13.1. The molecule has 0 bridgehead atoms. The molecule has 1 heterocycles. The van der Waals surface area contributed by atoms with Crippen LogP contribution in [0, 0.1) is 11.3 Å².